The normalized spacial score (nSPS) is 14.6. The number of fused-ring (bicyclic) bond motifs is 7. The molecule has 1 heterocycles. The number of nitrogens with zero attached hydrogens (tertiary/aromatic N) is 2. The molecule has 0 amide bonds. The third kappa shape index (κ3) is 5.37. The van der Waals surface area contributed by atoms with E-state index < -0.39 is 0 Å². The van der Waals surface area contributed by atoms with Crippen LogP contribution in [-0.2, 0) is 10.8 Å². The van der Waals surface area contributed by atoms with E-state index in [1.54, 1.807) is 0 Å². The molecule has 12 aromatic rings. The highest BCUT2D eigenvalue weighted by atomic mass is 15.2. The van der Waals surface area contributed by atoms with Gasteiger partial charge in [-0.1, -0.05) is 173 Å². The average Bonchev–Trinajstić information content (AvgIpc) is 3.76. The fourth-order valence-corrected chi connectivity index (χ4v) is 13.7. The van der Waals surface area contributed by atoms with E-state index in [-0.39, 0.29) is 10.8 Å². The van der Waals surface area contributed by atoms with E-state index in [1.807, 2.05) is 0 Å². The van der Waals surface area contributed by atoms with E-state index in [2.05, 4.69) is 246 Å². The zero-order valence-electron chi connectivity index (χ0n) is 41.3. The monoisotopic (exact) mass is 908 g/mol. The van der Waals surface area contributed by atoms with Gasteiger partial charge in [0, 0.05) is 43.7 Å². The highest BCUT2D eigenvalue weighted by Crippen LogP contribution is 2.57. The van der Waals surface area contributed by atoms with Gasteiger partial charge >= 0.3 is 0 Å². The average molecular weight is 909 g/mol. The largest absolute Gasteiger partial charge is 0.309 e. The molecule has 2 nitrogen and oxygen atoms in total. The van der Waals surface area contributed by atoms with Crippen molar-refractivity contribution in [3.05, 3.63) is 227 Å². The first kappa shape index (κ1) is 40.7. The molecule has 2 heteroatoms. The van der Waals surface area contributed by atoms with Crippen LogP contribution in [0, 0.1) is 20.8 Å². The van der Waals surface area contributed by atoms with Crippen LogP contribution in [0.25, 0.3) is 87.2 Å². The molecule has 0 saturated carbocycles. The first-order chi connectivity index (χ1) is 34.5. The molecular weight excluding hydrogens is 857 g/mol. The third-order valence-corrected chi connectivity index (χ3v) is 17.2. The summed E-state index contributed by atoms with van der Waals surface area (Å²) < 4.78 is 0. The minimum Gasteiger partial charge on any atom is -0.309 e. The number of benzene rings is 12. The van der Waals surface area contributed by atoms with E-state index in [0.29, 0.717) is 0 Å². The maximum Gasteiger partial charge on any atom is 0.0569 e. The van der Waals surface area contributed by atoms with Crippen LogP contribution in [0.4, 0.5) is 34.1 Å². The second-order valence-electron chi connectivity index (χ2n) is 21.9. The fourth-order valence-electron chi connectivity index (χ4n) is 13.7. The molecule has 0 fully saturated rings. The highest BCUT2D eigenvalue weighted by Gasteiger charge is 2.39. The Morgan fingerprint density at radius 1 is 0.408 bits per heavy atom. The fraction of sp³-hybridized carbons (Fsp3) is 0.130. The first-order valence-corrected chi connectivity index (χ1v) is 25.3. The van der Waals surface area contributed by atoms with Crippen molar-refractivity contribution >= 4 is 88.0 Å². The van der Waals surface area contributed by atoms with Gasteiger partial charge in [0.05, 0.1) is 22.7 Å². The lowest BCUT2D eigenvalue weighted by molar-refractivity contribution is 0.660. The summed E-state index contributed by atoms with van der Waals surface area (Å²) in [5.74, 6) is 0. The minimum atomic E-state index is -0.117. The van der Waals surface area contributed by atoms with Crippen molar-refractivity contribution < 1.29 is 0 Å². The van der Waals surface area contributed by atoms with Crippen LogP contribution >= 0.6 is 0 Å². The number of rotatable bonds is 4. The number of hydrogen-bond donors (Lipinski definition) is 0. The Morgan fingerprint density at radius 2 is 1.04 bits per heavy atom. The Kier molecular flexibility index (Phi) is 8.01. The molecule has 0 N–H and O–H groups in total. The molecule has 0 unspecified atom stereocenters. The zero-order valence-corrected chi connectivity index (χ0v) is 41.3. The Hall–Kier alpha value is -8.20. The van der Waals surface area contributed by atoms with Crippen LogP contribution in [0.3, 0.4) is 0 Å². The van der Waals surface area contributed by atoms with Crippen molar-refractivity contribution in [1.29, 1.82) is 0 Å². The van der Waals surface area contributed by atoms with Gasteiger partial charge in [0.25, 0.3) is 0 Å². The highest BCUT2D eigenvalue weighted by molar-refractivity contribution is 6.29. The molecule has 0 saturated heterocycles. The van der Waals surface area contributed by atoms with Gasteiger partial charge in [0.2, 0.25) is 0 Å². The number of anilines is 6. The Morgan fingerprint density at radius 3 is 1.90 bits per heavy atom. The summed E-state index contributed by atoms with van der Waals surface area (Å²) in [5.41, 5.74) is 24.1. The molecule has 4 bridgehead atoms. The predicted octanol–water partition coefficient (Wildman–Crippen LogP) is 19.3. The Balaban J connectivity index is 1.01. The molecule has 3 aliphatic rings. The van der Waals surface area contributed by atoms with Gasteiger partial charge in [-0.2, -0.15) is 0 Å². The molecule has 71 heavy (non-hydrogen) atoms. The van der Waals surface area contributed by atoms with Crippen LogP contribution in [0.2, 0.25) is 0 Å². The SMILES string of the molecule is Cc1ccc2ccc(C)c(N(c3ccc4c(c3)-c3ccccc3C4(C)C)c3ccc4ccc5c(N6c7ccc8c(c7)-c7c(cccc7C8(C)C)-c7ccc8ccc(C)c6c8c7)ccc6ccc3c4c65)c2c1. The smallest absolute Gasteiger partial charge is 0.0569 e. The van der Waals surface area contributed by atoms with Gasteiger partial charge < -0.3 is 9.80 Å². The van der Waals surface area contributed by atoms with E-state index in [1.165, 1.54) is 155 Å². The summed E-state index contributed by atoms with van der Waals surface area (Å²) in [6.07, 6.45) is 0. The maximum atomic E-state index is 2.59. The van der Waals surface area contributed by atoms with Gasteiger partial charge in [-0.15, -0.1) is 0 Å². The molecule has 338 valence electrons. The minimum absolute atomic E-state index is 0.0893. The van der Waals surface area contributed by atoms with E-state index in [9.17, 15) is 0 Å². The Labute approximate surface area is 415 Å². The molecule has 2 aliphatic carbocycles. The summed E-state index contributed by atoms with van der Waals surface area (Å²) in [7, 11) is 0. The topological polar surface area (TPSA) is 6.48 Å². The van der Waals surface area contributed by atoms with Crippen LogP contribution in [0.15, 0.2) is 188 Å². The molecule has 1 aliphatic heterocycles. The van der Waals surface area contributed by atoms with Gasteiger partial charge in [0.1, 0.15) is 0 Å². The van der Waals surface area contributed by atoms with Crippen molar-refractivity contribution in [3.8, 4) is 33.4 Å². The van der Waals surface area contributed by atoms with Crippen LogP contribution in [-0.4, -0.2) is 0 Å². The molecule has 0 spiro atoms. The lowest BCUT2D eigenvalue weighted by atomic mass is 9.82. The molecule has 15 rings (SSSR count). The third-order valence-electron chi connectivity index (χ3n) is 17.2. The first-order valence-electron chi connectivity index (χ1n) is 25.3. The van der Waals surface area contributed by atoms with Crippen molar-refractivity contribution in [3.63, 3.8) is 0 Å². The standard InChI is InChI=1S/C69H52N2/c1-39-15-18-42-19-16-40(2)66(53(42)35-39)70(47-27-31-58-55(37-47)50-11-8-9-13-57(50)68(58,4)5)61-33-25-44-24-30-52-62(34-26-45-23-29-51(61)63(44)64(45)52)71-48-28-32-59-56(38-48)65-49(12-10-14-60(65)69(59,6)7)46-22-21-43-20-17-41(3)67(71)54(43)36-46/h8-38H,1-7H3. The predicted molar refractivity (Wildman–Crippen MR) is 303 cm³/mol. The molecule has 0 atom stereocenters. The van der Waals surface area contributed by atoms with E-state index in [4.69, 9.17) is 0 Å². The zero-order chi connectivity index (χ0) is 47.8. The second kappa shape index (κ2) is 14.0. The quantitative estimate of drug-likeness (QED) is 0.162. The van der Waals surface area contributed by atoms with Crippen molar-refractivity contribution in [2.75, 3.05) is 9.80 Å². The molecular formula is C69H52N2. The summed E-state index contributed by atoms with van der Waals surface area (Å²) in [6.45, 7) is 16.3. The summed E-state index contributed by atoms with van der Waals surface area (Å²) >= 11 is 0. The summed E-state index contributed by atoms with van der Waals surface area (Å²) in [5, 5.41) is 12.5. The van der Waals surface area contributed by atoms with Crippen molar-refractivity contribution in [2.45, 2.75) is 59.3 Å². The van der Waals surface area contributed by atoms with Gasteiger partial charge in [-0.05, 0) is 168 Å². The van der Waals surface area contributed by atoms with Crippen molar-refractivity contribution in [1.82, 2.24) is 0 Å². The summed E-state index contributed by atoms with van der Waals surface area (Å²) in [6, 6.07) is 72.7. The molecule has 12 aromatic carbocycles. The number of hydrogen-bond acceptors (Lipinski definition) is 2. The van der Waals surface area contributed by atoms with Gasteiger partial charge in [0.15, 0.2) is 0 Å². The van der Waals surface area contributed by atoms with Gasteiger partial charge in [-0.3, -0.25) is 0 Å². The van der Waals surface area contributed by atoms with Crippen molar-refractivity contribution in [2.24, 2.45) is 0 Å². The van der Waals surface area contributed by atoms with Crippen LogP contribution in [0.5, 0.6) is 0 Å². The van der Waals surface area contributed by atoms with Crippen LogP contribution in [0.1, 0.15) is 66.6 Å². The lowest BCUT2D eigenvalue weighted by Crippen LogP contribution is -2.16. The number of aryl methyl sites for hydroxylation is 3. The second-order valence-corrected chi connectivity index (χ2v) is 21.9. The van der Waals surface area contributed by atoms with Crippen LogP contribution < -0.4 is 9.80 Å². The molecule has 0 aromatic heterocycles. The van der Waals surface area contributed by atoms with E-state index in [0.717, 1.165) is 5.69 Å². The Bertz CT molecular complexity index is 4330. The molecule has 0 radical (unpaired) electrons. The van der Waals surface area contributed by atoms with Gasteiger partial charge in [-0.25, -0.2) is 0 Å². The lowest BCUT2D eigenvalue weighted by Gasteiger charge is -2.32. The van der Waals surface area contributed by atoms with E-state index >= 15 is 0 Å². The summed E-state index contributed by atoms with van der Waals surface area (Å²) in [4.78, 5) is 5.17. The maximum absolute atomic E-state index is 2.59.